The maximum absolute atomic E-state index is 4.27. The maximum atomic E-state index is 4.27. The van der Waals surface area contributed by atoms with E-state index in [4.69, 9.17) is 0 Å². The fourth-order valence-electron chi connectivity index (χ4n) is 3.50. The summed E-state index contributed by atoms with van der Waals surface area (Å²) in [6.07, 6.45) is 10.7. The fourth-order valence-corrected chi connectivity index (χ4v) is 3.50. The van der Waals surface area contributed by atoms with Crippen LogP contribution >= 0.6 is 0 Å². The Hall–Kier alpha value is -2.28. The highest BCUT2D eigenvalue weighted by molar-refractivity contribution is 5.98. The largest absolute Gasteiger partial charge is 0.379 e. The van der Waals surface area contributed by atoms with E-state index < -0.39 is 0 Å². The molecule has 0 heterocycles. The highest BCUT2D eigenvalue weighted by Crippen LogP contribution is 2.42. The average molecular weight is 317 g/mol. The van der Waals surface area contributed by atoms with E-state index in [9.17, 15) is 0 Å². The Balaban J connectivity index is 1.97. The molecule has 0 aromatic heterocycles. The minimum Gasteiger partial charge on any atom is -0.379 e. The van der Waals surface area contributed by atoms with Gasteiger partial charge in [-0.2, -0.15) is 0 Å². The van der Waals surface area contributed by atoms with E-state index in [1.807, 2.05) is 0 Å². The number of hydrogen-bond acceptors (Lipinski definition) is 1. The number of benzene rings is 2. The number of rotatable bonds is 5. The molecule has 0 spiro atoms. The van der Waals surface area contributed by atoms with Crippen molar-refractivity contribution in [2.45, 2.75) is 45.6 Å². The molecule has 0 radical (unpaired) electrons. The van der Waals surface area contributed by atoms with Gasteiger partial charge in [0.2, 0.25) is 0 Å². The molecule has 0 bridgehead atoms. The summed E-state index contributed by atoms with van der Waals surface area (Å²) in [7, 11) is 0. The highest BCUT2D eigenvalue weighted by atomic mass is 14.9. The molecule has 24 heavy (non-hydrogen) atoms. The molecule has 1 aliphatic rings. The van der Waals surface area contributed by atoms with Gasteiger partial charge in [-0.15, -0.1) is 0 Å². The molecule has 2 atom stereocenters. The monoisotopic (exact) mass is 317 g/mol. The zero-order chi connectivity index (χ0) is 17.1. The molecule has 124 valence electrons. The second kappa shape index (κ2) is 7.09. The maximum Gasteiger partial charge on any atom is 0.0427 e. The number of hydrogen-bond donors (Lipinski definition) is 1. The number of anilines is 1. The van der Waals surface area contributed by atoms with E-state index in [1.54, 1.807) is 0 Å². The average Bonchev–Trinajstić information content (AvgIpc) is 2.87. The van der Waals surface area contributed by atoms with Crippen LogP contribution in [-0.2, 0) is 6.42 Å². The van der Waals surface area contributed by atoms with Crippen LogP contribution < -0.4 is 5.32 Å². The number of fused-ring (bicyclic) bond motifs is 3. The first kappa shape index (κ1) is 16.6. The van der Waals surface area contributed by atoms with Gasteiger partial charge >= 0.3 is 0 Å². The summed E-state index contributed by atoms with van der Waals surface area (Å²) in [5, 5.41) is 6.35. The predicted octanol–water partition coefficient (Wildman–Crippen LogP) is 6.38. The van der Waals surface area contributed by atoms with Gasteiger partial charge < -0.3 is 5.32 Å². The van der Waals surface area contributed by atoms with Gasteiger partial charge in [0.05, 0.1) is 0 Å². The van der Waals surface area contributed by atoms with E-state index in [0.29, 0.717) is 5.92 Å². The summed E-state index contributed by atoms with van der Waals surface area (Å²) in [4.78, 5) is 0. The number of nitrogens with one attached hydrogen (secondary N) is 1. The molecule has 2 unspecified atom stereocenters. The Morgan fingerprint density at radius 1 is 1.25 bits per heavy atom. The lowest BCUT2D eigenvalue weighted by Crippen LogP contribution is -2.12. The van der Waals surface area contributed by atoms with Gasteiger partial charge in [0.15, 0.2) is 0 Å². The van der Waals surface area contributed by atoms with Gasteiger partial charge in [0.1, 0.15) is 0 Å². The molecule has 2 aromatic carbocycles. The van der Waals surface area contributed by atoms with E-state index in [2.05, 4.69) is 87.3 Å². The number of allylic oxidation sites excluding steroid dienone is 4. The van der Waals surface area contributed by atoms with Crippen LogP contribution in [0.3, 0.4) is 0 Å². The lowest BCUT2D eigenvalue weighted by Gasteiger charge is -2.17. The Morgan fingerprint density at radius 3 is 2.75 bits per heavy atom. The standard InChI is InChI=1S/C23H27N/c1-5-6-7-8-11-17(3)24-23-15-21-18(4)16(2)14-22(21)19-12-9-10-13-20(19)23/h6-13,15,17-18,24H,2,5,14H2,1,3-4H3/b7-6-,11-8-. The first-order valence-corrected chi connectivity index (χ1v) is 8.93. The smallest absolute Gasteiger partial charge is 0.0427 e. The summed E-state index contributed by atoms with van der Waals surface area (Å²) < 4.78 is 0. The topological polar surface area (TPSA) is 12.0 Å². The highest BCUT2D eigenvalue weighted by Gasteiger charge is 2.25. The van der Waals surface area contributed by atoms with Crippen LogP contribution in [0.4, 0.5) is 5.69 Å². The van der Waals surface area contributed by atoms with E-state index in [1.165, 1.54) is 33.2 Å². The van der Waals surface area contributed by atoms with E-state index >= 15 is 0 Å². The Bertz CT molecular complexity index is 810. The van der Waals surface area contributed by atoms with Crippen molar-refractivity contribution in [3.05, 3.63) is 77.9 Å². The van der Waals surface area contributed by atoms with Crippen molar-refractivity contribution in [2.75, 3.05) is 5.32 Å². The zero-order valence-electron chi connectivity index (χ0n) is 15.0. The Morgan fingerprint density at radius 2 is 2.00 bits per heavy atom. The SMILES string of the molecule is C=C1Cc2c(cc(NC(C)/C=C\C=C/CC)c3ccccc23)C1C. The molecule has 3 rings (SSSR count). The van der Waals surface area contributed by atoms with Crippen LogP contribution in [0.15, 0.2) is 66.8 Å². The van der Waals surface area contributed by atoms with Crippen molar-refractivity contribution >= 4 is 16.5 Å². The van der Waals surface area contributed by atoms with Crippen LogP contribution in [0.1, 0.15) is 44.2 Å². The van der Waals surface area contributed by atoms with Gasteiger partial charge in [-0.1, -0.05) is 74.6 Å². The fraction of sp³-hybridized carbons (Fsp3) is 0.304. The molecular formula is C23H27N. The third-order valence-corrected chi connectivity index (χ3v) is 4.94. The molecule has 2 aromatic rings. The third-order valence-electron chi connectivity index (χ3n) is 4.94. The normalized spacial score (nSPS) is 18.6. The molecule has 0 saturated carbocycles. The van der Waals surface area contributed by atoms with Crippen molar-refractivity contribution in [2.24, 2.45) is 0 Å². The van der Waals surface area contributed by atoms with Gasteiger partial charge in [0, 0.05) is 23.0 Å². The zero-order valence-corrected chi connectivity index (χ0v) is 15.0. The minimum absolute atomic E-state index is 0.285. The third kappa shape index (κ3) is 3.17. The second-order valence-electron chi connectivity index (χ2n) is 6.75. The van der Waals surface area contributed by atoms with Crippen molar-refractivity contribution in [3.63, 3.8) is 0 Å². The molecular weight excluding hydrogens is 290 g/mol. The quantitative estimate of drug-likeness (QED) is 0.498. The second-order valence-corrected chi connectivity index (χ2v) is 6.75. The van der Waals surface area contributed by atoms with Gasteiger partial charge in [0.25, 0.3) is 0 Å². The van der Waals surface area contributed by atoms with Crippen molar-refractivity contribution in [3.8, 4) is 0 Å². The lowest BCUT2D eigenvalue weighted by atomic mass is 9.96. The van der Waals surface area contributed by atoms with Crippen LogP contribution in [0.5, 0.6) is 0 Å². The summed E-state index contributed by atoms with van der Waals surface area (Å²) in [6, 6.07) is 11.3. The van der Waals surface area contributed by atoms with Gasteiger partial charge in [-0.05, 0) is 42.3 Å². The van der Waals surface area contributed by atoms with Gasteiger partial charge in [-0.25, -0.2) is 0 Å². The summed E-state index contributed by atoms with van der Waals surface area (Å²) in [5.41, 5.74) is 5.44. The van der Waals surface area contributed by atoms with Crippen LogP contribution in [0, 0.1) is 0 Å². The summed E-state index contributed by atoms with van der Waals surface area (Å²) >= 11 is 0. The Kier molecular flexibility index (Phi) is 4.89. The first-order valence-electron chi connectivity index (χ1n) is 8.93. The van der Waals surface area contributed by atoms with Crippen molar-refractivity contribution in [1.29, 1.82) is 0 Å². The molecule has 1 heteroatoms. The van der Waals surface area contributed by atoms with Crippen molar-refractivity contribution in [1.82, 2.24) is 0 Å². The molecule has 1 N–H and O–H groups in total. The van der Waals surface area contributed by atoms with Crippen LogP contribution in [0.25, 0.3) is 10.8 Å². The predicted molar refractivity (Wildman–Crippen MR) is 107 cm³/mol. The molecule has 1 aliphatic carbocycles. The Labute approximate surface area is 145 Å². The molecule has 0 aliphatic heterocycles. The van der Waals surface area contributed by atoms with Gasteiger partial charge in [-0.3, -0.25) is 0 Å². The first-order chi connectivity index (χ1) is 11.6. The van der Waals surface area contributed by atoms with Crippen molar-refractivity contribution < 1.29 is 0 Å². The van der Waals surface area contributed by atoms with E-state index in [-0.39, 0.29) is 6.04 Å². The molecule has 1 nitrogen and oxygen atoms in total. The molecule has 0 amide bonds. The van der Waals surface area contributed by atoms with Crippen LogP contribution in [0.2, 0.25) is 0 Å². The van der Waals surface area contributed by atoms with E-state index in [0.717, 1.165) is 12.8 Å². The molecule has 0 saturated heterocycles. The minimum atomic E-state index is 0.285. The van der Waals surface area contributed by atoms with Crippen LogP contribution in [-0.4, -0.2) is 6.04 Å². The lowest BCUT2D eigenvalue weighted by molar-refractivity contribution is 0.930. The summed E-state index contributed by atoms with van der Waals surface area (Å²) in [5.74, 6) is 0.448. The molecule has 0 fully saturated rings. The summed E-state index contributed by atoms with van der Waals surface area (Å²) in [6.45, 7) is 10.9.